The van der Waals surface area contributed by atoms with E-state index in [9.17, 15) is 13.2 Å². The highest BCUT2D eigenvalue weighted by molar-refractivity contribution is 6.18. The van der Waals surface area contributed by atoms with Crippen LogP contribution in [0.1, 0.15) is 5.69 Å². The van der Waals surface area contributed by atoms with Crippen molar-refractivity contribution in [2.24, 2.45) is 0 Å². The maximum atomic E-state index is 12.5. The van der Waals surface area contributed by atoms with Gasteiger partial charge in [0, 0.05) is 31.2 Å². The monoisotopic (exact) mass is 312 g/mol. The number of rotatable bonds is 7. The third kappa shape index (κ3) is 5.05. The van der Waals surface area contributed by atoms with Gasteiger partial charge in [-0.2, -0.15) is 13.2 Å². The van der Waals surface area contributed by atoms with Crippen molar-refractivity contribution in [3.63, 3.8) is 0 Å². The van der Waals surface area contributed by atoms with E-state index in [4.69, 9.17) is 21.1 Å². The predicted octanol–water partition coefficient (Wildman–Crippen LogP) is 2.70. The van der Waals surface area contributed by atoms with Crippen molar-refractivity contribution in [2.75, 3.05) is 33.2 Å². The number of hydrogen-bond acceptors (Lipinski definition) is 4. The van der Waals surface area contributed by atoms with E-state index in [0.29, 0.717) is 17.2 Å². The molecule has 0 aromatic carbocycles. The van der Waals surface area contributed by atoms with E-state index in [0.717, 1.165) is 4.90 Å². The first-order valence-corrected chi connectivity index (χ1v) is 6.35. The molecule has 0 saturated heterocycles. The highest BCUT2D eigenvalue weighted by atomic mass is 35.5. The predicted molar refractivity (Wildman–Crippen MR) is 69.4 cm³/mol. The molecule has 0 amide bonds. The van der Waals surface area contributed by atoms with Crippen LogP contribution in [0.5, 0.6) is 11.5 Å². The van der Waals surface area contributed by atoms with Crippen LogP contribution in [0.15, 0.2) is 12.3 Å². The Hall–Kier alpha value is -1.21. The van der Waals surface area contributed by atoms with E-state index in [1.165, 1.54) is 20.4 Å². The van der Waals surface area contributed by atoms with Crippen molar-refractivity contribution in [3.8, 4) is 11.5 Å². The van der Waals surface area contributed by atoms with Crippen molar-refractivity contribution in [1.29, 1.82) is 0 Å². The number of hydrogen-bond donors (Lipinski definition) is 0. The molecule has 0 aliphatic rings. The molecule has 1 heterocycles. The second kappa shape index (κ2) is 7.54. The summed E-state index contributed by atoms with van der Waals surface area (Å²) in [6.45, 7) is -0.975. The van der Waals surface area contributed by atoms with E-state index >= 15 is 0 Å². The summed E-state index contributed by atoms with van der Waals surface area (Å²) in [6, 6.07) is 1.58. The first-order chi connectivity index (χ1) is 9.41. The third-order valence-electron chi connectivity index (χ3n) is 2.54. The molecule has 0 saturated carbocycles. The lowest BCUT2D eigenvalue weighted by molar-refractivity contribution is -0.146. The van der Waals surface area contributed by atoms with Gasteiger partial charge >= 0.3 is 6.18 Å². The molecule has 4 nitrogen and oxygen atoms in total. The van der Waals surface area contributed by atoms with Crippen LogP contribution in [0.3, 0.4) is 0 Å². The van der Waals surface area contributed by atoms with Crippen molar-refractivity contribution in [3.05, 3.63) is 18.0 Å². The molecular formula is C12H16ClF3N2O2. The molecular weight excluding hydrogens is 297 g/mol. The van der Waals surface area contributed by atoms with Crippen LogP contribution in [0, 0.1) is 0 Å². The number of ether oxygens (including phenoxy) is 2. The van der Waals surface area contributed by atoms with Crippen LogP contribution in [0.2, 0.25) is 0 Å². The van der Waals surface area contributed by atoms with Crippen LogP contribution < -0.4 is 9.47 Å². The Morgan fingerprint density at radius 3 is 2.50 bits per heavy atom. The van der Waals surface area contributed by atoms with Gasteiger partial charge in [0.1, 0.15) is 5.69 Å². The molecule has 114 valence electrons. The van der Waals surface area contributed by atoms with Gasteiger partial charge in [0.05, 0.1) is 20.8 Å². The van der Waals surface area contributed by atoms with E-state index in [1.54, 1.807) is 6.07 Å². The van der Waals surface area contributed by atoms with Crippen molar-refractivity contribution < 1.29 is 22.6 Å². The average molecular weight is 313 g/mol. The lowest BCUT2D eigenvalue weighted by Crippen LogP contribution is -2.35. The number of nitrogens with zero attached hydrogens (tertiary/aromatic N) is 2. The minimum atomic E-state index is -4.29. The van der Waals surface area contributed by atoms with Crippen molar-refractivity contribution >= 4 is 11.6 Å². The minimum Gasteiger partial charge on any atom is -0.493 e. The van der Waals surface area contributed by atoms with E-state index in [1.807, 2.05) is 0 Å². The smallest absolute Gasteiger partial charge is 0.401 e. The normalized spacial score (nSPS) is 11.8. The minimum absolute atomic E-state index is 0.0212. The van der Waals surface area contributed by atoms with E-state index in [2.05, 4.69) is 4.98 Å². The topological polar surface area (TPSA) is 34.6 Å². The van der Waals surface area contributed by atoms with Crippen molar-refractivity contribution in [2.45, 2.75) is 12.7 Å². The maximum Gasteiger partial charge on any atom is 0.401 e. The van der Waals surface area contributed by atoms with Crippen molar-refractivity contribution in [1.82, 2.24) is 9.88 Å². The zero-order valence-electron chi connectivity index (χ0n) is 11.2. The quantitative estimate of drug-likeness (QED) is 0.725. The first-order valence-electron chi connectivity index (χ1n) is 5.82. The van der Waals surface area contributed by atoms with Gasteiger partial charge in [-0.05, 0) is 0 Å². The van der Waals surface area contributed by atoms with Gasteiger partial charge in [-0.25, -0.2) is 0 Å². The molecule has 0 aliphatic heterocycles. The second-order valence-electron chi connectivity index (χ2n) is 4.01. The van der Waals surface area contributed by atoms with E-state index in [-0.39, 0.29) is 19.0 Å². The first kappa shape index (κ1) is 16.8. The van der Waals surface area contributed by atoms with E-state index < -0.39 is 12.7 Å². The number of halogens is 4. The van der Waals surface area contributed by atoms with Gasteiger partial charge in [0.25, 0.3) is 0 Å². The SMILES string of the molecule is COc1ccnc(CN(CCCl)CC(F)(F)F)c1OC. The highest BCUT2D eigenvalue weighted by Crippen LogP contribution is 2.30. The molecule has 0 bridgehead atoms. The average Bonchev–Trinajstić information content (AvgIpc) is 2.36. The standard InChI is InChI=1S/C12H16ClF3N2O2/c1-19-10-3-5-17-9(11(10)20-2)7-18(6-4-13)8-12(14,15)16/h3,5H,4,6-8H2,1-2H3. The lowest BCUT2D eigenvalue weighted by atomic mass is 10.2. The molecule has 8 heteroatoms. The Morgan fingerprint density at radius 2 is 2.00 bits per heavy atom. The van der Waals surface area contributed by atoms with Gasteiger partial charge in [-0.15, -0.1) is 11.6 Å². The summed E-state index contributed by atoms with van der Waals surface area (Å²) in [7, 11) is 2.87. The van der Waals surface area contributed by atoms with Crippen LogP contribution in [-0.2, 0) is 6.54 Å². The summed E-state index contributed by atoms with van der Waals surface area (Å²) in [5.74, 6) is 0.856. The molecule has 1 aromatic rings. The molecule has 0 unspecified atom stereocenters. The molecule has 0 radical (unpaired) electrons. The van der Waals surface area contributed by atoms with Crippen LogP contribution >= 0.6 is 11.6 Å². The summed E-state index contributed by atoms with van der Waals surface area (Å²) in [6.07, 6.45) is -2.83. The number of methoxy groups -OCH3 is 2. The Kier molecular flexibility index (Phi) is 6.35. The van der Waals surface area contributed by atoms with Gasteiger partial charge in [0.15, 0.2) is 11.5 Å². The summed E-state index contributed by atoms with van der Waals surface area (Å²) >= 11 is 5.54. The molecule has 0 N–H and O–H groups in total. The van der Waals surface area contributed by atoms with Crippen LogP contribution in [0.4, 0.5) is 13.2 Å². The molecule has 20 heavy (non-hydrogen) atoms. The Bertz CT molecular complexity index is 430. The third-order valence-corrected chi connectivity index (χ3v) is 2.71. The summed E-state index contributed by atoms with van der Waals surface area (Å²) in [5, 5.41) is 0. The zero-order valence-corrected chi connectivity index (χ0v) is 12.0. The molecule has 1 aromatic heterocycles. The fourth-order valence-electron chi connectivity index (χ4n) is 1.76. The number of pyridine rings is 1. The lowest BCUT2D eigenvalue weighted by Gasteiger charge is -2.23. The fourth-order valence-corrected chi connectivity index (χ4v) is 2.00. The summed E-state index contributed by atoms with van der Waals surface area (Å²) in [5.41, 5.74) is 0.376. The van der Waals surface area contributed by atoms with Gasteiger partial charge in [-0.3, -0.25) is 9.88 Å². The number of alkyl halides is 4. The summed E-state index contributed by atoms with van der Waals surface area (Å²) in [4.78, 5) is 5.22. The Labute approximate surface area is 120 Å². The largest absolute Gasteiger partial charge is 0.493 e. The number of aromatic nitrogens is 1. The maximum absolute atomic E-state index is 12.5. The Morgan fingerprint density at radius 1 is 1.30 bits per heavy atom. The Balaban J connectivity index is 2.93. The van der Waals surface area contributed by atoms with Gasteiger partial charge in [-0.1, -0.05) is 0 Å². The zero-order chi connectivity index (χ0) is 15.2. The van der Waals surface area contributed by atoms with Crippen LogP contribution in [-0.4, -0.2) is 49.2 Å². The second-order valence-corrected chi connectivity index (χ2v) is 4.39. The molecule has 0 aliphatic carbocycles. The molecule has 0 spiro atoms. The summed E-state index contributed by atoms with van der Waals surface area (Å²) < 4.78 is 47.7. The molecule has 1 rings (SSSR count). The highest BCUT2D eigenvalue weighted by Gasteiger charge is 2.31. The fraction of sp³-hybridized carbons (Fsp3) is 0.583. The molecule has 0 atom stereocenters. The van der Waals surface area contributed by atoms with Gasteiger partial charge < -0.3 is 9.47 Å². The van der Waals surface area contributed by atoms with Gasteiger partial charge in [0.2, 0.25) is 0 Å². The van der Waals surface area contributed by atoms with Crippen LogP contribution in [0.25, 0.3) is 0 Å². The molecule has 0 fully saturated rings.